The van der Waals surface area contributed by atoms with Gasteiger partial charge < -0.3 is 9.88 Å². The van der Waals surface area contributed by atoms with Crippen LogP contribution in [0.5, 0.6) is 0 Å². The van der Waals surface area contributed by atoms with Gasteiger partial charge in [-0.3, -0.25) is 4.79 Å². The van der Waals surface area contributed by atoms with Crippen molar-refractivity contribution in [2.45, 2.75) is 32.9 Å². The van der Waals surface area contributed by atoms with Crippen molar-refractivity contribution in [3.63, 3.8) is 0 Å². The van der Waals surface area contributed by atoms with Gasteiger partial charge in [0.25, 0.3) is 5.56 Å². The molecule has 0 aliphatic carbocycles. The number of benzene rings is 1. The van der Waals surface area contributed by atoms with E-state index in [4.69, 9.17) is 0 Å². The number of rotatable bonds is 5. The molecule has 96 valence electrons. The lowest BCUT2D eigenvalue weighted by Crippen LogP contribution is -2.35. The fourth-order valence-corrected chi connectivity index (χ4v) is 2.24. The van der Waals surface area contributed by atoms with Crippen LogP contribution in [0.1, 0.15) is 20.3 Å². The van der Waals surface area contributed by atoms with Crippen LogP contribution in [0.15, 0.2) is 41.3 Å². The van der Waals surface area contributed by atoms with E-state index in [2.05, 4.69) is 19.2 Å². The van der Waals surface area contributed by atoms with E-state index >= 15 is 0 Å². The highest BCUT2D eigenvalue weighted by molar-refractivity contribution is 5.81. The molecule has 1 atom stereocenters. The SMILES string of the molecule is CCNC(CC)Cn1ccc2ccccc2c1=O. The Balaban J connectivity index is 2.34. The summed E-state index contributed by atoms with van der Waals surface area (Å²) in [6.07, 6.45) is 2.91. The second-order valence-electron chi connectivity index (χ2n) is 4.52. The van der Waals surface area contributed by atoms with Crippen molar-refractivity contribution in [1.82, 2.24) is 9.88 Å². The Morgan fingerprint density at radius 2 is 2.00 bits per heavy atom. The predicted octanol–water partition coefficient (Wildman–Crippen LogP) is 2.39. The molecule has 1 unspecified atom stereocenters. The first-order chi connectivity index (χ1) is 8.76. The highest BCUT2D eigenvalue weighted by Gasteiger charge is 2.08. The first kappa shape index (κ1) is 12.8. The quantitative estimate of drug-likeness (QED) is 0.876. The summed E-state index contributed by atoms with van der Waals surface area (Å²) >= 11 is 0. The van der Waals surface area contributed by atoms with E-state index in [0.29, 0.717) is 6.04 Å². The van der Waals surface area contributed by atoms with E-state index in [1.54, 1.807) is 4.57 Å². The molecule has 0 aliphatic heterocycles. The fraction of sp³-hybridized carbons (Fsp3) is 0.400. The number of hydrogen-bond acceptors (Lipinski definition) is 2. The highest BCUT2D eigenvalue weighted by Crippen LogP contribution is 2.08. The molecule has 0 aliphatic rings. The fourth-order valence-electron chi connectivity index (χ4n) is 2.24. The van der Waals surface area contributed by atoms with Crippen LogP contribution in [-0.2, 0) is 6.54 Å². The third kappa shape index (κ3) is 2.62. The van der Waals surface area contributed by atoms with Crippen LogP contribution in [0.25, 0.3) is 10.8 Å². The Morgan fingerprint density at radius 1 is 1.22 bits per heavy atom. The molecule has 1 N–H and O–H groups in total. The molecule has 0 amide bonds. The number of hydrogen-bond donors (Lipinski definition) is 1. The maximum Gasteiger partial charge on any atom is 0.258 e. The van der Waals surface area contributed by atoms with Crippen molar-refractivity contribution in [2.24, 2.45) is 0 Å². The maximum atomic E-state index is 12.3. The number of aromatic nitrogens is 1. The summed E-state index contributed by atoms with van der Waals surface area (Å²) in [4.78, 5) is 12.3. The third-order valence-electron chi connectivity index (χ3n) is 3.29. The number of nitrogens with zero attached hydrogens (tertiary/aromatic N) is 1. The van der Waals surface area contributed by atoms with E-state index in [-0.39, 0.29) is 5.56 Å². The molecule has 1 heterocycles. The molecule has 3 nitrogen and oxygen atoms in total. The van der Waals surface area contributed by atoms with Gasteiger partial charge >= 0.3 is 0 Å². The second-order valence-corrected chi connectivity index (χ2v) is 4.52. The molecule has 0 saturated carbocycles. The molecular weight excluding hydrogens is 224 g/mol. The lowest BCUT2D eigenvalue weighted by atomic mass is 10.1. The van der Waals surface area contributed by atoms with Crippen LogP contribution < -0.4 is 10.9 Å². The number of pyridine rings is 1. The molecule has 3 heteroatoms. The number of likely N-dealkylation sites (N-methyl/N-ethyl adjacent to an activating group) is 1. The van der Waals surface area contributed by atoms with E-state index in [9.17, 15) is 4.79 Å². The van der Waals surface area contributed by atoms with Crippen molar-refractivity contribution in [3.05, 3.63) is 46.9 Å². The Bertz CT molecular complexity index is 574. The minimum absolute atomic E-state index is 0.101. The molecule has 2 aromatic rings. The normalized spacial score (nSPS) is 12.8. The smallest absolute Gasteiger partial charge is 0.258 e. The van der Waals surface area contributed by atoms with Gasteiger partial charge in [0.2, 0.25) is 0 Å². The zero-order valence-corrected chi connectivity index (χ0v) is 11.0. The molecule has 0 saturated heterocycles. The molecule has 0 spiro atoms. The van der Waals surface area contributed by atoms with Crippen molar-refractivity contribution >= 4 is 10.8 Å². The van der Waals surface area contributed by atoms with Crippen molar-refractivity contribution < 1.29 is 0 Å². The standard InChI is InChI=1S/C15H20N2O/c1-3-13(16-4-2)11-17-10-9-12-7-5-6-8-14(12)15(17)18/h5-10,13,16H,3-4,11H2,1-2H3. The monoisotopic (exact) mass is 244 g/mol. The van der Waals surface area contributed by atoms with Gasteiger partial charge in [-0.1, -0.05) is 32.0 Å². The molecule has 0 bridgehead atoms. The highest BCUT2D eigenvalue weighted by atomic mass is 16.1. The lowest BCUT2D eigenvalue weighted by Gasteiger charge is -2.17. The van der Waals surface area contributed by atoms with Gasteiger partial charge in [-0.15, -0.1) is 0 Å². The predicted molar refractivity (Wildman–Crippen MR) is 76.0 cm³/mol. The van der Waals surface area contributed by atoms with Gasteiger partial charge in [0.15, 0.2) is 0 Å². The molecular formula is C15H20N2O. The largest absolute Gasteiger partial charge is 0.313 e. The van der Waals surface area contributed by atoms with Crippen molar-refractivity contribution in [3.8, 4) is 0 Å². The summed E-state index contributed by atoms with van der Waals surface area (Å²) in [5.41, 5.74) is 0.101. The van der Waals surface area contributed by atoms with E-state index in [0.717, 1.165) is 30.3 Å². The van der Waals surface area contributed by atoms with Crippen LogP contribution in [0.4, 0.5) is 0 Å². The average Bonchev–Trinajstić information content (AvgIpc) is 2.41. The Kier molecular flexibility index (Phi) is 4.15. The topological polar surface area (TPSA) is 34.0 Å². The minimum atomic E-state index is 0.101. The zero-order valence-electron chi connectivity index (χ0n) is 11.0. The van der Waals surface area contributed by atoms with Crippen LogP contribution in [0, 0.1) is 0 Å². The first-order valence-corrected chi connectivity index (χ1v) is 6.57. The number of fused-ring (bicyclic) bond motifs is 1. The average molecular weight is 244 g/mol. The van der Waals surface area contributed by atoms with Crippen LogP contribution in [0.3, 0.4) is 0 Å². The second kappa shape index (κ2) is 5.83. The summed E-state index contributed by atoms with van der Waals surface area (Å²) in [5.74, 6) is 0. The van der Waals surface area contributed by atoms with Gasteiger partial charge in [-0.05, 0) is 30.5 Å². The van der Waals surface area contributed by atoms with Gasteiger partial charge in [-0.25, -0.2) is 0 Å². The van der Waals surface area contributed by atoms with Crippen LogP contribution in [0.2, 0.25) is 0 Å². The summed E-state index contributed by atoms with van der Waals surface area (Å²) in [5, 5.41) is 5.20. The summed E-state index contributed by atoms with van der Waals surface area (Å²) in [7, 11) is 0. The Hall–Kier alpha value is -1.61. The van der Waals surface area contributed by atoms with Crippen molar-refractivity contribution in [1.29, 1.82) is 0 Å². The summed E-state index contributed by atoms with van der Waals surface area (Å²) in [6.45, 7) is 5.89. The molecule has 18 heavy (non-hydrogen) atoms. The van der Waals surface area contributed by atoms with Gasteiger partial charge in [-0.2, -0.15) is 0 Å². The lowest BCUT2D eigenvalue weighted by molar-refractivity contribution is 0.441. The minimum Gasteiger partial charge on any atom is -0.313 e. The van der Waals surface area contributed by atoms with Gasteiger partial charge in [0.05, 0.1) is 0 Å². The molecule has 0 fully saturated rings. The van der Waals surface area contributed by atoms with E-state index in [1.807, 2.05) is 36.5 Å². The van der Waals surface area contributed by atoms with E-state index < -0.39 is 0 Å². The van der Waals surface area contributed by atoms with Crippen LogP contribution in [-0.4, -0.2) is 17.2 Å². The summed E-state index contributed by atoms with van der Waals surface area (Å²) in [6, 6.07) is 10.1. The Labute approximate surface area is 107 Å². The molecule has 0 radical (unpaired) electrons. The van der Waals surface area contributed by atoms with Crippen molar-refractivity contribution in [2.75, 3.05) is 6.54 Å². The Morgan fingerprint density at radius 3 is 2.72 bits per heavy atom. The number of nitrogens with one attached hydrogen (secondary N) is 1. The molecule has 2 rings (SSSR count). The van der Waals surface area contributed by atoms with E-state index in [1.165, 1.54) is 0 Å². The van der Waals surface area contributed by atoms with Gasteiger partial charge in [0.1, 0.15) is 0 Å². The van der Waals surface area contributed by atoms with Crippen LogP contribution >= 0.6 is 0 Å². The molecule has 1 aromatic carbocycles. The molecule has 1 aromatic heterocycles. The maximum absolute atomic E-state index is 12.3. The zero-order chi connectivity index (χ0) is 13.0. The summed E-state index contributed by atoms with van der Waals surface area (Å²) < 4.78 is 1.80. The third-order valence-corrected chi connectivity index (χ3v) is 3.29. The first-order valence-electron chi connectivity index (χ1n) is 6.57. The van der Waals surface area contributed by atoms with Gasteiger partial charge in [0, 0.05) is 24.2 Å².